The average molecular weight is 461 g/mol. The Labute approximate surface area is 196 Å². The van der Waals surface area contributed by atoms with Crippen LogP contribution in [0.4, 0.5) is 0 Å². The molecule has 0 heterocycles. The molecule has 1 aliphatic carbocycles. The minimum atomic E-state index is -0.983. The smallest absolute Gasteiger partial charge is 0.188 e. The zero-order chi connectivity index (χ0) is 23.7. The molecule has 7 heteroatoms. The van der Waals surface area contributed by atoms with E-state index in [-0.39, 0.29) is 32.2 Å². The van der Waals surface area contributed by atoms with Crippen LogP contribution >= 0.6 is 0 Å². The van der Waals surface area contributed by atoms with Gasteiger partial charge in [-0.3, -0.25) is 0 Å². The van der Waals surface area contributed by atoms with Crippen molar-refractivity contribution in [1.82, 2.24) is 0 Å². The maximum Gasteiger partial charge on any atom is 0.188 e. The molecule has 2 aromatic carbocycles. The van der Waals surface area contributed by atoms with Crippen molar-refractivity contribution in [2.45, 2.75) is 44.1 Å². The van der Waals surface area contributed by atoms with Crippen LogP contribution in [0.5, 0.6) is 17.2 Å². The first kappa shape index (κ1) is 25.3. The second-order valence-corrected chi connectivity index (χ2v) is 8.30. The number of rotatable bonds is 13. The lowest BCUT2D eigenvalue weighted by molar-refractivity contribution is -0.0329. The van der Waals surface area contributed by atoms with Crippen molar-refractivity contribution in [1.29, 1.82) is 0 Å². The lowest BCUT2D eigenvalue weighted by Crippen LogP contribution is -2.36. The Bertz CT molecular complexity index is 854. The van der Waals surface area contributed by atoms with E-state index in [0.717, 1.165) is 36.1 Å². The van der Waals surface area contributed by atoms with Gasteiger partial charge in [0.2, 0.25) is 0 Å². The fraction of sp³-hybridized carbons (Fsp3) is 0.538. The van der Waals surface area contributed by atoms with Gasteiger partial charge in [0, 0.05) is 26.9 Å². The van der Waals surface area contributed by atoms with Crippen molar-refractivity contribution in [3.63, 3.8) is 0 Å². The van der Waals surface area contributed by atoms with Gasteiger partial charge in [-0.25, -0.2) is 0 Å². The quantitative estimate of drug-likeness (QED) is 0.430. The van der Waals surface area contributed by atoms with Crippen LogP contribution in [-0.4, -0.2) is 46.8 Å². The van der Waals surface area contributed by atoms with Gasteiger partial charge in [-0.2, -0.15) is 0 Å². The molecular weight excluding hydrogens is 424 g/mol. The summed E-state index contributed by atoms with van der Waals surface area (Å²) in [4.78, 5) is 0. The van der Waals surface area contributed by atoms with Gasteiger partial charge < -0.3 is 33.5 Å². The molecule has 0 amide bonds. The minimum absolute atomic E-state index is 0.0239. The molecule has 0 radical (unpaired) electrons. The Hall–Kier alpha value is -2.32. The van der Waals surface area contributed by atoms with Gasteiger partial charge in [-0.1, -0.05) is 25.5 Å². The summed E-state index contributed by atoms with van der Waals surface area (Å²) in [5.74, 6) is 2.30. The summed E-state index contributed by atoms with van der Waals surface area (Å²) < 4.78 is 32.3. The number of aliphatic hydroxyl groups is 1. The summed E-state index contributed by atoms with van der Waals surface area (Å²) in [6, 6.07) is 13.4. The summed E-state index contributed by atoms with van der Waals surface area (Å²) in [5.41, 5.74) is 0.927. The fourth-order valence-electron chi connectivity index (χ4n) is 4.84. The molecule has 0 bridgehead atoms. The third-order valence-corrected chi connectivity index (χ3v) is 6.42. The molecule has 2 aromatic rings. The number of hydrogen-bond acceptors (Lipinski definition) is 7. The molecule has 1 saturated carbocycles. The molecule has 1 N–H and O–H groups in total. The summed E-state index contributed by atoms with van der Waals surface area (Å²) in [6.07, 6.45) is 3.50. The molecule has 0 spiro atoms. The Morgan fingerprint density at radius 1 is 0.818 bits per heavy atom. The van der Waals surface area contributed by atoms with Crippen LogP contribution in [0, 0.1) is 5.92 Å². The topological polar surface area (TPSA) is 75.6 Å². The van der Waals surface area contributed by atoms with Crippen molar-refractivity contribution in [3.8, 4) is 17.2 Å². The average Bonchev–Trinajstić information content (AvgIpc) is 3.35. The highest BCUT2D eigenvalue weighted by molar-refractivity contribution is 5.44. The molecule has 7 nitrogen and oxygen atoms in total. The lowest BCUT2D eigenvalue weighted by atomic mass is 9.72. The van der Waals surface area contributed by atoms with E-state index in [2.05, 4.69) is 0 Å². The van der Waals surface area contributed by atoms with Crippen LogP contribution in [0.2, 0.25) is 0 Å². The first-order chi connectivity index (χ1) is 16.1. The van der Waals surface area contributed by atoms with Crippen LogP contribution in [0.1, 0.15) is 49.7 Å². The van der Waals surface area contributed by atoms with Crippen LogP contribution in [0.15, 0.2) is 42.5 Å². The lowest BCUT2D eigenvalue weighted by Gasteiger charge is -2.38. The van der Waals surface area contributed by atoms with Gasteiger partial charge in [0.15, 0.2) is 20.4 Å². The van der Waals surface area contributed by atoms with Gasteiger partial charge in [0.05, 0.1) is 5.60 Å². The van der Waals surface area contributed by atoms with Crippen LogP contribution in [0.3, 0.4) is 0 Å². The van der Waals surface area contributed by atoms with E-state index in [9.17, 15) is 5.11 Å². The molecule has 0 aliphatic heterocycles. The predicted molar refractivity (Wildman–Crippen MR) is 125 cm³/mol. The molecule has 1 unspecified atom stereocenters. The third kappa shape index (κ3) is 5.98. The van der Waals surface area contributed by atoms with Crippen LogP contribution < -0.4 is 14.2 Å². The van der Waals surface area contributed by atoms with Crippen molar-refractivity contribution < 1.29 is 33.5 Å². The Balaban J connectivity index is 1.93. The second kappa shape index (κ2) is 12.2. The highest BCUT2D eigenvalue weighted by Gasteiger charge is 2.45. The van der Waals surface area contributed by atoms with E-state index >= 15 is 0 Å². The van der Waals surface area contributed by atoms with E-state index in [1.807, 2.05) is 49.4 Å². The van der Waals surface area contributed by atoms with Crippen molar-refractivity contribution in [2.24, 2.45) is 5.92 Å². The van der Waals surface area contributed by atoms with Gasteiger partial charge in [-0.15, -0.1) is 0 Å². The molecule has 3 atom stereocenters. The summed E-state index contributed by atoms with van der Waals surface area (Å²) in [6.45, 7) is 2.55. The summed E-state index contributed by atoms with van der Waals surface area (Å²) in [7, 11) is 4.78. The molecule has 1 fully saturated rings. The molecular formula is C26H36O7. The van der Waals surface area contributed by atoms with Crippen LogP contribution in [0.25, 0.3) is 0 Å². The van der Waals surface area contributed by atoms with E-state index in [1.54, 1.807) is 21.3 Å². The number of hydrogen-bond donors (Lipinski definition) is 1. The monoisotopic (exact) mass is 460 g/mol. The Kier molecular flexibility index (Phi) is 9.38. The first-order valence-electron chi connectivity index (χ1n) is 11.4. The number of ether oxygens (including phenoxy) is 6. The zero-order valence-electron chi connectivity index (χ0n) is 20.0. The Morgan fingerprint density at radius 2 is 1.42 bits per heavy atom. The van der Waals surface area contributed by atoms with Gasteiger partial charge in [-0.05, 0) is 67.0 Å². The molecule has 0 saturated heterocycles. The second-order valence-electron chi connectivity index (χ2n) is 8.30. The third-order valence-electron chi connectivity index (χ3n) is 6.42. The van der Waals surface area contributed by atoms with Crippen molar-refractivity contribution in [3.05, 3.63) is 53.6 Å². The number of benzene rings is 2. The van der Waals surface area contributed by atoms with Crippen LogP contribution in [-0.2, 0) is 19.8 Å². The molecule has 3 rings (SSSR count). The SMILES string of the molecule is CCC(O)(c1ccc(OCOC)cc1)[C@H]1CCC[C@H]1c1cc(OCOC)ccc1OCOC. The standard InChI is InChI=1S/C26H36O7/c1-5-26(27,19-9-11-20(12-10-19)31-16-28-2)24-8-6-7-22(24)23-15-21(32-17-29-3)13-14-25(23)33-18-30-4/h9-15,22,24,27H,5-8,16-18H2,1-4H3/t22-,24-,26?/m0/s1. The zero-order valence-corrected chi connectivity index (χ0v) is 20.0. The fourth-order valence-corrected chi connectivity index (χ4v) is 4.84. The molecule has 182 valence electrons. The number of methoxy groups -OCH3 is 3. The summed E-state index contributed by atoms with van der Waals surface area (Å²) >= 11 is 0. The van der Waals surface area contributed by atoms with Crippen molar-refractivity contribution in [2.75, 3.05) is 41.7 Å². The highest BCUT2D eigenvalue weighted by atomic mass is 16.7. The maximum absolute atomic E-state index is 12.0. The summed E-state index contributed by atoms with van der Waals surface area (Å²) in [5, 5.41) is 12.0. The van der Waals surface area contributed by atoms with E-state index in [0.29, 0.717) is 17.9 Å². The first-order valence-corrected chi connectivity index (χ1v) is 11.4. The van der Waals surface area contributed by atoms with Gasteiger partial charge in [0.1, 0.15) is 17.2 Å². The van der Waals surface area contributed by atoms with E-state index in [4.69, 9.17) is 28.4 Å². The van der Waals surface area contributed by atoms with Gasteiger partial charge in [0.25, 0.3) is 0 Å². The minimum Gasteiger partial charge on any atom is -0.468 e. The van der Waals surface area contributed by atoms with Gasteiger partial charge >= 0.3 is 0 Å². The van der Waals surface area contributed by atoms with E-state index < -0.39 is 5.60 Å². The maximum atomic E-state index is 12.0. The van der Waals surface area contributed by atoms with E-state index in [1.165, 1.54) is 0 Å². The van der Waals surface area contributed by atoms with Crippen molar-refractivity contribution >= 4 is 0 Å². The molecule has 1 aliphatic rings. The Morgan fingerprint density at radius 3 is 2.06 bits per heavy atom. The molecule has 0 aromatic heterocycles. The highest BCUT2D eigenvalue weighted by Crippen LogP contribution is 2.52. The molecule has 33 heavy (non-hydrogen) atoms. The predicted octanol–water partition coefficient (Wildman–Crippen LogP) is 4.82. The largest absolute Gasteiger partial charge is 0.468 e. The normalized spacial score (nSPS) is 19.8.